The summed E-state index contributed by atoms with van der Waals surface area (Å²) in [4.78, 5) is 17.3. The van der Waals surface area contributed by atoms with Crippen LogP contribution in [0.25, 0.3) is 11.5 Å². The first-order valence-corrected chi connectivity index (χ1v) is 10.4. The van der Waals surface area contributed by atoms with E-state index in [0.29, 0.717) is 33.8 Å². The van der Waals surface area contributed by atoms with Crippen LogP contribution >= 0.6 is 11.3 Å². The van der Waals surface area contributed by atoms with Gasteiger partial charge in [0.25, 0.3) is 5.91 Å². The number of nitrogens with one attached hydrogen (secondary N) is 1. The van der Waals surface area contributed by atoms with Crippen molar-refractivity contribution in [1.82, 2.24) is 15.2 Å². The molecule has 8 heteroatoms. The van der Waals surface area contributed by atoms with Gasteiger partial charge in [0.2, 0.25) is 11.0 Å². The van der Waals surface area contributed by atoms with E-state index in [9.17, 15) is 9.18 Å². The highest BCUT2D eigenvalue weighted by molar-refractivity contribution is 7.15. The minimum atomic E-state index is -0.378. The van der Waals surface area contributed by atoms with Crippen molar-refractivity contribution in [2.75, 3.05) is 5.32 Å². The Kier molecular flexibility index (Phi) is 4.84. The van der Waals surface area contributed by atoms with E-state index in [1.54, 1.807) is 18.2 Å². The monoisotopic (exact) mass is 420 g/mol. The van der Waals surface area contributed by atoms with Crippen LogP contribution in [0, 0.1) is 5.82 Å². The van der Waals surface area contributed by atoms with Crippen LogP contribution in [0.4, 0.5) is 9.52 Å². The number of carbonyl (C=O) groups excluding carboxylic acids is 1. The zero-order valence-electron chi connectivity index (χ0n) is 15.8. The number of nitrogens with zero attached hydrogens (tertiary/aromatic N) is 3. The van der Waals surface area contributed by atoms with E-state index >= 15 is 0 Å². The third kappa shape index (κ3) is 3.86. The summed E-state index contributed by atoms with van der Waals surface area (Å²) in [6.45, 7) is 0. The summed E-state index contributed by atoms with van der Waals surface area (Å²) >= 11 is 1.21. The Balaban J connectivity index is 1.35. The molecule has 0 spiro atoms. The van der Waals surface area contributed by atoms with Gasteiger partial charge < -0.3 is 4.42 Å². The molecule has 0 bridgehead atoms. The minimum absolute atomic E-state index is 0.224. The number of hydrogen-bond donors (Lipinski definition) is 1. The molecular formula is C22H17FN4O2S. The van der Waals surface area contributed by atoms with E-state index < -0.39 is 0 Å². The fourth-order valence-electron chi connectivity index (χ4n) is 3.16. The van der Waals surface area contributed by atoms with Crippen molar-refractivity contribution in [2.45, 2.75) is 25.2 Å². The van der Waals surface area contributed by atoms with E-state index in [2.05, 4.69) is 20.5 Å². The maximum atomic E-state index is 13.8. The number of benzene rings is 2. The Labute approximate surface area is 175 Å². The summed E-state index contributed by atoms with van der Waals surface area (Å²) in [5, 5.41) is 11.8. The topological polar surface area (TPSA) is 80.9 Å². The van der Waals surface area contributed by atoms with Crippen LogP contribution in [0.15, 0.2) is 59.0 Å². The van der Waals surface area contributed by atoms with Crippen LogP contribution in [-0.4, -0.2) is 21.1 Å². The zero-order chi connectivity index (χ0) is 20.5. The van der Waals surface area contributed by atoms with Gasteiger partial charge in [-0.2, -0.15) is 0 Å². The first kappa shape index (κ1) is 18.6. The average molecular weight is 420 g/mol. The van der Waals surface area contributed by atoms with Gasteiger partial charge in [-0.3, -0.25) is 10.1 Å². The van der Waals surface area contributed by atoms with E-state index in [1.807, 2.05) is 30.3 Å². The standard InChI is InChI=1S/C22H17FN4O2S/c23-16-9-5-4-8-15(16)12-17-26-27-22(30-17)25-20(28)18-19(13-10-11-13)29-21(24-18)14-6-2-1-3-7-14/h1-9,13H,10-12H2,(H,25,27,28). The van der Waals surface area contributed by atoms with Crippen molar-refractivity contribution in [1.29, 1.82) is 0 Å². The van der Waals surface area contributed by atoms with E-state index in [4.69, 9.17) is 4.42 Å². The molecule has 1 aliphatic carbocycles. The Morgan fingerprint density at radius 2 is 1.87 bits per heavy atom. The van der Waals surface area contributed by atoms with Crippen molar-refractivity contribution in [3.05, 3.63) is 82.4 Å². The molecule has 1 N–H and O–H groups in total. The predicted molar refractivity (Wildman–Crippen MR) is 111 cm³/mol. The van der Waals surface area contributed by atoms with Gasteiger partial charge in [-0.25, -0.2) is 9.37 Å². The summed E-state index contributed by atoms with van der Waals surface area (Å²) in [5.41, 5.74) is 1.63. The van der Waals surface area contributed by atoms with Gasteiger partial charge in [-0.15, -0.1) is 10.2 Å². The largest absolute Gasteiger partial charge is 0.440 e. The lowest BCUT2D eigenvalue weighted by Gasteiger charge is -1.99. The van der Waals surface area contributed by atoms with Crippen molar-refractivity contribution in [3.8, 4) is 11.5 Å². The number of oxazole rings is 1. The molecule has 0 saturated heterocycles. The van der Waals surface area contributed by atoms with Crippen LogP contribution in [0.5, 0.6) is 0 Å². The maximum absolute atomic E-state index is 13.8. The second-order valence-electron chi connectivity index (χ2n) is 7.10. The Morgan fingerprint density at radius 3 is 2.63 bits per heavy atom. The summed E-state index contributed by atoms with van der Waals surface area (Å²) in [7, 11) is 0. The highest BCUT2D eigenvalue weighted by Crippen LogP contribution is 2.43. The Hall–Kier alpha value is -3.39. The van der Waals surface area contributed by atoms with E-state index in [1.165, 1.54) is 17.4 Å². The highest BCUT2D eigenvalue weighted by Gasteiger charge is 2.34. The Morgan fingerprint density at radius 1 is 1.10 bits per heavy atom. The number of halogens is 1. The molecule has 1 aliphatic rings. The summed E-state index contributed by atoms with van der Waals surface area (Å²) < 4.78 is 19.8. The average Bonchev–Trinajstić information content (AvgIpc) is 3.36. The molecule has 2 aromatic heterocycles. The van der Waals surface area contributed by atoms with Crippen LogP contribution in [-0.2, 0) is 6.42 Å². The number of anilines is 1. The van der Waals surface area contributed by atoms with Crippen LogP contribution in [0.1, 0.15) is 45.6 Å². The zero-order valence-corrected chi connectivity index (χ0v) is 16.7. The first-order valence-electron chi connectivity index (χ1n) is 9.60. The van der Waals surface area contributed by atoms with E-state index in [-0.39, 0.29) is 23.3 Å². The number of hydrogen-bond acceptors (Lipinski definition) is 6. The molecule has 150 valence electrons. The molecular weight excluding hydrogens is 403 g/mol. The number of aromatic nitrogens is 3. The molecule has 4 aromatic rings. The van der Waals surface area contributed by atoms with Crippen LogP contribution in [0.3, 0.4) is 0 Å². The normalized spacial score (nSPS) is 13.4. The van der Waals surface area contributed by atoms with Crippen LogP contribution in [0.2, 0.25) is 0 Å². The van der Waals surface area contributed by atoms with E-state index in [0.717, 1.165) is 18.4 Å². The lowest BCUT2D eigenvalue weighted by Crippen LogP contribution is -2.14. The first-order chi connectivity index (χ1) is 14.7. The lowest BCUT2D eigenvalue weighted by atomic mass is 10.1. The quantitative estimate of drug-likeness (QED) is 0.472. The van der Waals surface area contributed by atoms with Crippen LogP contribution < -0.4 is 5.32 Å². The number of amides is 1. The maximum Gasteiger partial charge on any atom is 0.279 e. The summed E-state index contributed by atoms with van der Waals surface area (Å²) in [6.07, 6.45) is 2.28. The third-order valence-electron chi connectivity index (χ3n) is 4.82. The Bertz CT molecular complexity index is 1200. The molecule has 1 fully saturated rings. The molecule has 0 unspecified atom stereocenters. The van der Waals surface area contributed by atoms with Gasteiger partial charge in [0.15, 0.2) is 5.69 Å². The molecule has 2 aromatic carbocycles. The fourth-order valence-corrected chi connectivity index (χ4v) is 3.92. The van der Waals surface area contributed by atoms with Crippen molar-refractivity contribution in [3.63, 3.8) is 0 Å². The second kappa shape index (κ2) is 7.79. The van der Waals surface area contributed by atoms with Gasteiger partial charge in [0.1, 0.15) is 16.6 Å². The van der Waals surface area contributed by atoms with Gasteiger partial charge >= 0.3 is 0 Å². The van der Waals surface area contributed by atoms with Gasteiger partial charge in [-0.05, 0) is 36.6 Å². The third-order valence-corrected chi connectivity index (χ3v) is 5.66. The molecule has 1 saturated carbocycles. The molecule has 1 amide bonds. The lowest BCUT2D eigenvalue weighted by molar-refractivity contribution is 0.102. The molecule has 2 heterocycles. The summed E-state index contributed by atoms with van der Waals surface area (Å²) in [5.74, 6) is 0.601. The molecule has 0 radical (unpaired) electrons. The van der Waals surface area contributed by atoms with Crippen molar-refractivity contribution >= 4 is 22.4 Å². The van der Waals surface area contributed by atoms with Crippen molar-refractivity contribution < 1.29 is 13.6 Å². The van der Waals surface area contributed by atoms with Gasteiger partial charge in [0, 0.05) is 17.9 Å². The predicted octanol–water partition coefficient (Wildman–Crippen LogP) is 5.05. The van der Waals surface area contributed by atoms with Gasteiger partial charge in [0.05, 0.1) is 0 Å². The minimum Gasteiger partial charge on any atom is -0.440 e. The smallest absolute Gasteiger partial charge is 0.279 e. The van der Waals surface area contributed by atoms with Crippen molar-refractivity contribution in [2.24, 2.45) is 0 Å². The molecule has 5 rings (SSSR count). The summed E-state index contributed by atoms with van der Waals surface area (Å²) in [6, 6.07) is 16.0. The number of rotatable bonds is 6. The second-order valence-corrected chi connectivity index (χ2v) is 8.16. The SMILES string of the molecule is O=C(Nc1nnc(Cc2ccccc2F)s1)c1nc(-c2ccccc2)oc1C1CC1. The van der Waals surface area contributed by atoms with Gasteiger partial charge in [-0.1, -0.05) is 47.7 Å². The highest BCUT2D eigenvalue weighted by atomic mass is 32.1. The molecule has 0 aliphatic heterocycles. The molecule has 6 nitrogen and oxygen atoms in total. The molecule has 30 heavy (non-hydrogen) atoms. The fraction of sp³-hybridized carbons (Fsp3) is 0.182. The molecule has 0 atom stereocenters. The number of carbonyl (C=O) groups is 1.